The van der Waals surface area contributed by atoms with Crippen molar-refractivity contribution in [2.45, 2.75) is 63.6 Å². The monoisotopic (exact) mass is 456 g/mol. The molecule has 0 N–H and O–H groups in total. The van der Waals surface area contributed by atoms with Crippen LogP contribution < -0.4 is 4.90 Å². The largest absolute Gasteiger partial charge is 0.373 e. The Labute approximate surface area is 191 Å². The first-order valence-electron chi connectivity index (χ1n) is 11.4. The van der Waals surface area contributed by atoms with Gasteiger partial charge < -0.3 is 9.64 Å². The molecule has 1 saturated heterocycles. The molecule has 2 aliphatic heterocycles. The molecule has 0 radical (unpaired) electrons. The van der Waals surface area contributed by atoms with Crippen LogP contribution in [0.4, 0.5) is 5.69 Å². The molecule has 2 atom stereocenters. The van der Waals surface area contributed by atoms with Crippen LogP contribution in [0.3, 0.4) is 0 Å². The Hall–Kier alpha value is -2.22. The summed E-state index contributed by atoms with van der Waals surface area (Å²) in [6.45, 7) is 9.41. The Bertz CT molecular complexity index is 1090. The van der Waals surface area contributed by atoms with Crippen molar-refractivity contribution in [3.63, 3.8) is 0 Å². The lowest BCUT2D eigenvalue weighted by Gasteiger charge is -2.34. The number of carbonyl (C=O) groups is 1. The van der Waals surface area contributed by atoms with Gasteiger partial charge in [0.05, 0.1) is 17.1 Å². The molecule has 2 aliphatic rings. The van der Waals surface area contributed by atoms with Gasteiger partial charge in [-0.1, -0.05) is 26.0 Å². The van der Waals surface area contributed by atoms with E-state index in [1.807, 2.05) is 24.8 Å². The maximum atomic E-state index is 13.3. The maximum absolute atomic E-state index is 13.3. The Morgan fingerprint density at radius 3 is 2.31 bits per heavy atom. The summed E-state index contributed by atoms with van der Waals surface area (Å²) >= 11 is 0. The molecule has 2 aromatic carbocycles. The minimum Gasteiger partial charge on any atom is -0.373 e. The molecule has 32 heavy (non-hydrogen) atoms. The van der Waals surface area contributed by atoms with Crippen LogP contribution in [0.2, 0.25) is 0 Å². The van der Waals surface area contributed by atoms with E-state index in [9.17, 15) is 13.2 Å². The fourth-order valence-corrected chi connectivity index (χ4v) is 6.18. The zero-order chi connectivity index (χ0) is 23.0. The summed E-state index contributed by atoms with van der Waals surface area (Å²) in [6, 6.07) is 12.7. The second-order valence-corrected chi connectivity index (χ2v) is 11.1. The van der Waals surface area contributed by atoms with Gasteiger partial charge in [0.15, 0.2) is 0 Å². The average Bonchev–Trinajstić information content (AvgIpc) is 2.77. The van der Waals surface area contributed by atoms with Gasteiger partial charge in [0.25, 0.3) is 5.91 Å². The van der Waals surface area contributed by atoms with Gasteiger partial charge in [-0.05, 0) is 74.1 Å². The first kappa shape index (κ1) is 23.0. The summed E-state index contributed by atoms with van der Waals surface area (Å²) in [5.74, 6) is 0.346. The minimum absolute atomic E-state index is 0.0965. The molecule has 7 heteroatoms. The van der Waals surface area contributed by atoms with Gasteiger partial charge in [0.1, 0.15) is 0 Å². The third-order valence-electron chi connectivity index (χ3n) is 6.26. The zero-order valence-electron chi connectivity index (χ0n) is 19.2. The van der Waals surface area contributed by atoms with E-state index in [4.69, 9.17) is 4.74 Å². The van der Waals surface area contributed by atoms with Gasteiger partial charge in [-0.3, -0.25) is 4.79 Å². The molecule has 1 amide bonds. The van der Waals surface area contributed by atoms with E-state index in [0.717, 1.165) is 18.5 Å². The number of fused-ring (bicyclic) bond motifs is 1. The van der Waals surface area contributed by atoms with Gasteiger partial charge in [-0.15, -0.1) is 0 Å². The SMILES string of the molecule is CC1CN(S(=O)(=O)c2ccc(C(=O)N3CCCc4cc(C(C)C)ccc43)cc2)CC(C)O1. The van der Waals surface area contributed by atoms with E-state index in [1.54, 1.807) is 24.3 Å². The first-order chi connectivity index (χ1) is 15.2. The fraction of sp³-hybridized carbons (Fsp3) is 0.480. The topological polar surface area (TPSA) is 66.9 Å². The number of morpholine rings is 1. The molecule has 1 fully saturated rings. The summed E-state index contributed by atoms with van der Waals surface area (Å²) < 4.78 is 33.3. The number of anilines is 1. The molecule has 172 valence electrons. The third-order valence-corrected chi connectivity index (χ3v) is 8.11. The van der Waals surface area contributed by atoms with Crippen molar-refractivity contribution in [2.75, 3.05) is 24.5 Å². The number of hydrogen-bond acceptors (Lipinski definition) is 4. The lowest BCUT2D eigenvalue weighted by atomic mass is 9.94. The van der Waals surface area contributed by atoms with Crippen molar-refractivity contribution in [3.8, 4) is 0 Å². The molecule has 4 rings (SSSR count). The summed E-state index contributed by atoms with van der Waals surface area (Å²) in [5, 5.41) is 0. The lowest BCUT2D eigenvalue weighted by molar-refractivity contribution is -0.0440. The average molecular weight is 457 g/mol. The Morgan fingerprint density at radius 1 is 1.03 bits per heavy atom. The number of sulfonamides is 1. The predicted molar refractivity (Wildman–Crippen MR) is 126 cm³/mol. The van der Waals surface area contributed by atoms with E-state index in [1.165, 1.54) is 15.4 Å². The molecule has 0 bridgehead atoms. The highest BCUT2D eigenvalue weighted by Gasteiger charge is 2.32. The van der Waals surface area contributed by atoms with E-state index in [0.29, 0.717) is 31.1 Å². The maximum Gasteiger partial charge on any atom is 0.258 e. The highest BCUT2D eigenvalue weighted by Crippen LogP contribution is 2.31. The third kappa shape index (κ3) is 4.47. The van der Waals surface area contributed by atoms with Gasteiger partial charge >= 0.3 is 0 Å². The molecule has 0 spiro atoms. The van der Waals surface area contributed by atoms with Crippen molar-refractivity contribution < 1.29 is 17.9 Å². The second-order valence-electron chi connectivity index (χ2n) is 9.21. The molecule has 0 saturated carbocycles. The van der Waals surface area contributed by atoms with Crippen molar-refractivity contribution in [1.29, 1.82) is 0 Å². The molecular formula is C25H32N2O4S. The summed E-state index contributed by atoms with van der Waals surface area (Å²) in [5.41, 5.74) is 3.93. The summed E-state index contributed by atoms with van der Waals surface area (Å²) in [7, 11) is -3.63. The van der Waals surface area contributed by atoms with E-state index >= 15 is 0 Å². The molecular weight excluding hydrogens is 424 g/mol. The smallest absolute Gasteiger partial charge is 0.258 e. The number of amides is 1. The summed E-state index contributed by atoms with van der Waals surface area (Å²) in [4.78, 5) is 15.3. The number of carbonyl (C=O) groups excluding carboxylic acids is 1. The predicted octanol–water partition coefficient (Wildman–Crippen LogP) is 4.20. The van der Waals surface area contributed by atoms with Crippen LogP contribution in [0.1, 0.15) is 61.5 Å². The van der Waals surface area contributed by atoms with E-state index in [-0.39, 0.29) is 23.0 Å². The van der Waals surface area contributed by atoms with Crippen LogP contribution >= 0.6 is 0 Å². The normalized spacial score (nSPS) is 22.1. The number of benzene rings is 2. The fourth-order valence-electron chi connectivity index (χ4n) is 4.59. The van der Waals surface area contributed by atoms with Crippen molar-refractivity contribution in [1.82, 2.24) is 4.31 Å². The quantitative estimate of drug-likeness (QED) is 0.692. The highest BCUT2D eigenvalue weighted by atomic mass is 32.2. The Kier molecular flexibility index (Phi) is 6.43. The standard InChI is InChI=1S/C25H32N2O4S/c1-17(2)21-9-12-24-22(14-21)6-5-13-27(24)25(28)20-7-10-23(11-8-20)32(29,30)26-15-18(3)31-19(4)16-26/h7-12,14,17-19H,5-6,13,15-16H2,1-4H3. The first-order valence-corrected chi connectivity index (χ1v) is 12.8. The van der Waals surface area contributed by atoms with Crippen LogP contribution in [-0.4, -0.2) is 50.5 Å². The van der Waals surface area contributed by atoms with E-state index < -0.39 is 10.0 Å². The number of hydrogen-bond donors (Lipinski definition) is 0. The Morgan fingerprint density at radius 2 is 1.69 bits per heavy atom. The van der Waals surface area contributed by atoms with Gasteiger partial charge in [-0.2, -0.15) is 4.31 Å². The molecule has 0 aromatic heterocycles. The molecule has 2 aromatic rings. The number of ether oxygens (including phenoxy) is 1. The Balaban J connectivity index is 1.56. The van der Waals surface area contributed by atoms with Crippen LogP contribution in [-0.2, 0) is 21.2 Å². The van der Waals surface area contributed by atoms with Crippen LogP contribution in [0, 0.1) is 0 Å². The highest BCUT2D eigenvalue weighted by molar-refractivity contribution is 7.89. The number of aryl methyl sites for hydroxylation is 1. The molecule has 2 unspecified atom stereocenters. The summed E-state index contributed by atoms with van der Waals surface area (Å²) in [6.07, 6.45) is 1.59. The second kappa shape index (κ2) is 8.96. The van der Waals surface area contributed by atoms with Gasteiger partial charge in [-0.25, -0.2) is 8.42 Å². The van der Waals surface area contributed by atoms with Crippen molar-refractivity contribution in [2.24, 2.45) is 0 Å². The molecule has 6 nitrogen and oxygen atoms in total. The van der Waals surface area contributed by atoms with Crippen molar-refractivity contribution >= 4 is 21.6 Å². The molecule has 0 aliphatic carbocycles. The minimum atomic E-state index is -3.63. The molecule has 2 heterocycles. The number of rotatable bonds is 4. The van der Waals surface area contributed by atoms with Crippen molar-refractivity contribution in [3.05, 3.63) is 59.2 Å². The van der Waals surface area contributed by atoms with Crippen LogP contribution in [0.5, 0.6) is 0 Å². The van der Waals surface area contributed by atoms with Gasteiger partial charge in [0, 0.05) is 30.9 Å². The van der Waals surface area contributed by atoms with Crippen LogP contribution in [0.25, 0.3) is 0 Å². The number of nitrogens with zero attached hydrogens (tertiary/aromatic N) is 2. The van der Waals surface area contributed by atoms with E-state index in [2.05, 4.69) is 26.0 Å². The van der Waals surface area contributed by atoms with Crippen LogP contribution in [0.15, 0.2) is 47.4 Å². The zero-order valence-corrected chi connectivity index (χ0v) is 20.1. The van der Waals surface area contributed by atoms with Gasteiger partial charge in [0.2, 0.25) is 10.0 Å². The lowest BCUT2D eigenvalue weighted by Crippen LogP contribution is -2.48.